The van der Waals surface area contributed by atoms with Gasteiger partial charge in [0.2, 0.25) is 5.89 Å². The van der Waals surface area contributed by atoms with E-state index in [1.807, 2.05) is 13.8 Å². The minimum absolute atomic E-state index is 0.108. The molecule has 7 heteroatoms. The second-order valence-electron chi connectivity index (χ2n) is 4.79. The minimum atomic E-state index is -0.339. The summed E-state index contributed by atoms with van der Waals surface area (Å²) in [6.45, 7) is 4.11. The lowest BCUT2D eigenvalue weighted by molar-refractivity contribution is 0.398. The fraction of sp³-hybridized carbons (Fsp3) is 0.462. The summed E-state index contributed by atoms with van der Waals surface area (Å²) in [6, 6.07) is 1.34. The molecule has 108 valence electrons. The summed E-state index contributed by atoms with van der Waals surface area (Å²) in [5.74, 6) is 1.32. The minimum Gasteiger partial charge on any atom is -0.444 e. The predicted molar refractivity (Wildman–Crippen MR) is 73.4 cm³/mol. The number of rotatable bonds is 4. The molecule has 2 aromatic rings. The normalized spacial score (nSPS) is 12.6. The van der Waals surface area contributed by atoms with Crippen molar-refractivity contribution in [1.82, 2.24) is 19.4 Å². The van der Waals surface area contributed by atoms with Crippen LogP contribution in [0.25, 0.3) is 0 Å². The Morgan fingerprint density at radius 3 is 2.65 bits per heavy atom. The van der Waals surface area contributed by atoms with Crippen molar-refractivity contribution < 1.29 is 4.42 Å². The van der Waals surface area contributed by atoms with Gasteiger partial charge in [0.15, 0.2) is 0 Å². The van der Waals surface area contributed by atoms with Crippen molar-refractivity contribution in [2.45, 2.75) is 26.4 Å². The van der Waals surface area contributed by atoms with Gasteiger partial charge in [-0.1, -0.05) is 0 Å². The number of nitrogens with one attached hydrogen (secondary N) is 1. The quantitative estimate of drug-likeness (QED) is 0.866. The lowest BCUT2D eigenvalue weighted by Gasteiger charge is -2.13. The molecule has 1 N–H and O–H groups in total. The van der Waals surface area contributed by atoms with E-state index in [0.29, 0.717) is 18.1 Å². The first-order valence-electron chi connectivity index (χ1n) is 6.31. The molecule has 0 amide bonds. The molecule has 0 aromatic carbocycles. The van der Waals surface area contributed by atoms with Gasteiger partial charge in [0, 0.05) is 32.4 Å². The molecular weight excluding hydrogens is 260 g/mol. The zero-order valence-corrected chi connectivity index (χ0v) is 12.0. The van der Waals surface area contributed by atoms with Gasteiger partial charge in [-0.05, 0) is 13.8 Å². The summed E-state index contributed by atoms with van der Waals surface area (Å²) >= 11 is 0. The zero-order valence-electron chi connectivity index (χ0n) is 12.0. The maximum Gasteiger partial charge on any atom is 0.330 e. The Morgan fingerprint density at radius 1 is 1.35 bits per heavy atom. The molecule has 0 bridgehead atoms. The van der Waals surface area contributed by atoms with Gasteiger partial charge in [-0.2, -0.15) is 0 Å². The Kier molecular flexibility index (Phi) is 3.89. The Morgan fingerprint density at radius 2 is 2.05 bits per heavy atom. The van der Waals surface area contributed by atoms with E-state index in [1.165, 1.54) is 17.7 Å². The van der Waals surface area contributed by atoms with Gasteiger partial charge in [-0.15, -0.1) is 0 Å². The van der Waals surface area contributed by atoms with E-state index in [-0.39, 0.29) is 17.3 Å². The van der Waals surface area contributed by atoms with E-state index in [1.54, 1.807) is 13.2 Å². The zero-order chi connectivity index (χ0) is 14.9. The van der Waals surface area contributed by atoms with E-state index >= 15 is 0 Å². The number of aromatic nitrogens is 3. The molecule has 0 spiro atoms. The van der Waals surface area contributed by atoms with Crippen LogP contribution in [0.4, 0.5) is 0 Å². The topological polar surface area (TPSA) is 82.1 Å². The lowest BCUT2D eigenvalue weighted by Crippen LogP contribution is -2.39. The van der Waals surface area contributed by atoms with Gasteiger partial charge in [0.1, 0.15) is 5.76 Å². The van der Waals surface area contributed by atoms with Gasteiger partial charge in [-0.3, -0.25) is 13.9 Å². The molecule has 2 heterocycles. The number of hydrogen-bond donors (Lipinski definition) is 1. The molecule has 0 saturated heterocycles. The van der Waals surface area contributed by atoms with Crippen LogP contribution < -0.4 is 16.6 Å². The summed E-state index contributed by atoms with van der Waals surface area (Å²) in [7, 11) is 3.10. The van der Waals surface area contributed by atoms with Crippen LogP contribution in [0.2, 0.25) is 0 Å². The maximum atomic E-state index is 11.8. The van der Waals surface area contributed by atoms with Crippen molar-refractivity contribution in [3.05, 3.63) is 50.4 Å². The van der Waals surface area contributed by atoms with Crippen molar-refractivity contribution in [2.75, 3.05) is 0 Å². The van der Waals surface area contributed by atoms with Crippen LogP contribution in [-0.4, -0.2) is 14.1 Å². The molecular formula is C13H18N4O3. The molecule has 0 radical (unpaired) electrons. The highest BCUT2D eigenvalue weighted by molar-refractivity contribution is 5.03. The first-order valence-corrected chi connectivity index (χ1v) is 6.31. The molecule has 0 aliphatic rings. The highest BCUT2D eigenvalue weighted by Crippen LogP contribution is 2.12. The molecule has 1 unspecified atom stereocenters. The van der Waals surface area contributed by atoms with Crippen LogP contribution in [0, 0.1) is 6.92 Å². The van der Waals surface area contributed by atoms with Gasteiger partial charge >= 0.3 is 5.69 Å². The first kappa shape index (κ1) is 14.3. The van der Waals surface area contributed by atoms with Crippen molar-refractivity contribution in [1.29, 1.82) is 0 Å². The standard InChI is InChI=1S/C13H18N4O3/c1-8-6-15-12(20-8)9(2)14-7-10-5-11(18)17(4)13(19)16(10)3/h5-6,9,14H,7H2,1-4H3. The van der Waals surface area contributed by atoms with E-state index in [9.17, 15) is 9.59 Å². The molecule has 0 aliphatic heterocycles. The second-order valence-corrected chi connectivity index (χ2v) is 4.79. The number of oxazole rings is 1. The van der Waals surface area contributed by atoms with Crippen LogP contribution in [0.1, 0.15) is 30.3 Å². The molecule has 0 fully saturated rings. The number of nitrogens with zero attached hydrogens (tertiary/aromatic N) is 3. The lowest BCUT2D eigenvalue weighted by atomic mass is 10.3. The van der Waals surface area contributed by atoms with E-state index in [0.717, 1.165) is 10.3 Å². The van der Waals surface area contributed by atoms with Crippen molar-refractivity contribution in [3.8, 4) is 0 Å². The third kappa shape index (κ3) is 2.72. The van der Waals surface area contributed by atoms with Crippen molar-refractivity contribution in [2.24, 2.45) is 14.1 Å². The Bertz CT molecular complexity index is 726. The van der Waals surface area contributed by atoms with Crippen LogP contribution >= 0.6 is 0 Å². The fourth-order valence-corrected chi connectivity index (χ4v) is 1.87. The molecule has 1 atom stereocenters. The number of hydrogen-bond acceptors (Lipinski definition) is 5. The van der Waals surface area contributed by atoms with E-state index < -0.39 is 0 Å². The van der Waals surface area contributed by atoms with Crippen molar-refractivity contribution >= 4 is 0 Å². The van der Waals surface area contributed by atoms with Gasteiger partial charge in [-0.25, -0.2) is 9.78 Å². The Labute approximate surface area is 115 Å². The van der Waals surface area contributed by atoms with E-state index in [2.05, 4.69) is 10.3 Å². The largest absolute Gasteiger partial charge is 0.444 e. The smallest absolute Gasteiger partial charge is 0.330 e. The molecule has 2 aromatic heterocycles. The molecule has 0 aliphatic carbocycles. The molecule has 2 rings (SSSR count). The molecule has 7 nitrogen and oxygen atoms in total. The first-order chi connectivity index (χ1) is 9.40. The summed E-state index contributed by atoms with van der Waals surface area (Å²) in [6.07, 6.45) is 1.65. The third-order valence-electron chi connectivity index (χ3n) is 3.22. The SMILES string of the molecule is Cc1cnc(C(C)NCc2cc(=O)n(C)c(=O)n2C)o1. The average Bonchev–Trinajstić information content (AvgIpc) is 2.85. The second kappa shape index (κ2) is 5.46. The van der Waals surface area contributed by atoms with Crippen molar-refractivity contribution in [3.63, 3.8) is 0 Å². The Hall–Kier alpha value is -2.15. The fourth-order valence-electron chi connectivity index (χ4n) is 1.87. The van der Waals surface area contributed by atoms with Crippen LogP contribution in [0.15, 0.2) is 26.3 Å². The predicted octanol–water partition coefficient (Wildman–Crippen LogP) is 0.231. The van der Waals surface area contributed by atoms with Crippen LogP contribution in [0.3, 0.4) is 0 Å². The highest BCUT2D eigenvalue weighted by atomic mass is 16.4. The van der Waals surface area contributed by atoms with Gasteiger partial charge in [0.25, 0.3) is 5.56 Å². The third-order valence-corrected chi connectivity index (χ3v) is 3.22. The van der Waals surface area contributed by atoms with Gasteiger partial charge < -0.3 is 9.73 Å². The monoisotopic (exact) mass is 278 g/mol. The average molecular weight is 278 g/mol. The Balaban J connectivity index is 2.16. The highest BCUT2D eigenvalue weighted by Gasteiger charge is 2.12. The summed E-state index contributed by atoms with van der Waals surface area (Å²) in [5.41, 5.74) is -0.0355. The van der Waals surface area contributed by atoms with E-state index in [4.69, 9.17) is 4.42 Å². The molecule has 0 saturated carbocycles. The number of aryl methyl sites for hydroxylation is 1. The summed E-state index contributed by atoms with van der Waals surface area (Å²) in [5, 5.41) is 3.18. The van der Waals surface area contributed by atoms with Crippen LogP contribution in [0.5, 0.6) is 0 Å². The summed E-state index contributed by atoms with van der Waals surface area (Å²) in [4.78, 5) is 27.6. The van der Waals surface area contributed by atoms with Crippen LogP contribution in [-0.2, 0) is 20.6 Å². The summed E-state index contributed by atoms with van der Waals surface area (Å²) < 4.78 is 7.94. The molecule has 20 heavy (non-hydrogen) atoms. The maximum absolute atomic E-state index is 11.8. The van der Waals surface area contributed by atoms with Gasteiger partial charge in [0.05, 0.1) is 12.2 Å².